The lowest BCUT2D eigenvalue weighted by atomic mass is 9.79. The summed E-state index contributed by atoms with van der Waals surface area (Å²) in [5, 5.41) is 13.5. The third-order valence-corrected chi connectivity index (χ3v) is 6.50. The fraction of sp³-hybridized carbons (Fsp3) is 0.636. The SMILES string of the molecule is Cc1nocc1C(=O)NC(C(=O)Nc1cc(C2CCOCC2)on1)C1CCC(C)CC1. The lowest BCUT2D eigenvalue weighted by Crippen LogP contribution is -2.49. The molecule has 9 nitrogen and oxygen atoms in total. The first-order valence-electron chi connectivity index (χ1n) is 11.1. The lowest BCUT2D eigenvalue weighted by Gasteiger charge is -2.32. The summed E-state index contributed by atoms with van der Waals surface area (Å²) in [7, 11) is 0. The standard InChI is InChI=1S/C22H30N4O5/c1-13-3-5-16(6-4-13)20(24-21(27)17-12-30-25-14(17)2)22(28)23-19-11-18(31-26-19)15-7-9-29-10-8-15/h11-13,15-16,20H,3-10H2,1-2H3,(H,24,27)(H,23,26,28). The first-order chi connectivity index (χ1) is 15.0. The predicted octanol–water partition coefficient (Wildman–Crippen LogP) is 3.43. The number of nitrogens with zero attached hydrogens (tertiary/aromatic N) is 2. The van der Waals surface area contributed by atoms with Crippen LogP contribution in [0.4, 0.5) is 5.82 Å². The van der Waals surface area contributed by atoms with E-state index in [1.54, 1.807) is 13.0 Å². The maximum atomic E-state index is 13.2. The molecule has 2 aliphatic rings. The summed E-state index contributed by atoms with van der Waals surface area (Å²) in [5.74, 6) is 1.42. The minimum atomic E-state index is -0.669. The van der Waals surface area contributed by atoms with Gasteiger partial charge in [-0.2, -0.15) is 0 Å². The van der Waals surface area contributed by atoms with E-state index in [2.05, 4.69) is 27.9 Å². The van der Waals surface area contributed by atoms with E-state index in [9.17, 15) is 9.59 Å². The highest BCUT2D eigenvalue weighted by molar-refractivity contribution is 6.01. The molecule has 1 unspecified atom stereocenters. The monoisotopic (exact) mass is 430 g/mol. The average Bonchev–Trinajstić information content (AvgIpc) is 3.42. The first kappa shape index (κ1) is 21.5. The Balaban J connectivity index is 1.46. The van der Waals surface area contributed by atoms with Gasteiger partial charge in [0.2, 0.25) is 5.91 Å². The molecule has 1 aliphatic heterocycles. The van der Waals surface area contributed by atoms with Crippen molar-refractivity contribution in [1.82, 2.24) is 15.6 Å². The van der Waals surface area contributed by atoms with E-state index < -0.39 is 6.04 Å². The van der Waals surface area contributed by atoms with Gasteiger partial charge in [-0.3, -0.25) is 9.59 Å². The highest BCUT2D eigenvalue weighted by Gasteiger charge is 2.34. The number of ether oxygens (including phenoxy) is 1. The number of rotatable bonds is 6. The number of carbonyl (C=O) groups excluding carboxylic acids is 2. The van der Waals surface area contributed by atoms with Gasteiger partial charge in [0.05, 0.1) is 5.69 Å². The Morgan fingerprint density at radius 1 is 1.10 bits per heavy atom. The molecule has 1 aliphatic carbocycles. The van der Waals surface area contributed by atoms with Gasteiger partial charge in [-0.25, -0.2) is 0 Å². The van der Waals surface area contributed by atoms with Crippen molar-refractivity contribution in [1.29, 1.82) is 0 Å². The molecule has 0 spiro atoms. The second kappa shape index (κ2) is 9.64. The summed E-state index contributed by atoms with van der Waals surface area (Å²) in [6.45, 7) is 5.31. The quantitative estimate of drug-likeness (QED) is 0.720. The Labute approximate surface area is 181 Å². The summed E-state index contributed by atoms with van der Waals surface area (Å²) >= 11 is 0. The molecule has 31 heavy (non-hydrogen) atoms. The molecule has 9 heteroatoms. The van der Waals surface area contributed by atoms with Gasteiger partial charge in [0, 0.05) is 25.2 Å². The maximum absolute atomic E-state index is 13.2. The molecule has 168 valence electrons. The van der Waals surface area contributed by atoms with E-state index in [-0.39, 0.29) is 23.7 Å². The van der Waals surface area contributed by atoms with Gasteiger partial charge in [0.15, 0.2) is 5.82 Å². The molecule has 3 heterocycles. The number of nitrogens with one attached hydrogen (secondary N) is 2. The fourth-order valence-electron chi connectivity index (χ4n) is 4.47. The zero-order valence-corrected chi connectivity index (χ0v) is 18.1. The number of carbonyl (C=O) groups is 2. The predicted molar refractivity (Wildman–Crippen MR) is 112 cm³/mol. The highest BCUT2D eigenvalue weighted by atomic mass is 16.5. The molecular weight excluding hydrogens is 400 g/mol. The van der Waals surface area contributed by atoms with Crippen molar-refractivity contribution in [2.75, 3.05) is 18.5 Å². The Kier molecular flexibility index (Phi) is 6.70. The molecule has 1 saturated heterocycles. The van der Waals surface area contributed by atoms with Gasteiger partial charge in [0.25, 0.3) is 5.91 Å². The Hall–Kier alpha value is -2.68. The van der Waals surface area contributed by atoms with Crippen molar-refractivity contribution in [3.05, 3.63) is 29.3 Å². The van der Waals surface area contributed by atoms with E-state index in [0.717, 1.165) is 44.3 Å². The average molecular weight is 431 g/mol. The van der Waals surface area contributed by atoms with Crippen LogP contribution >= 0.6 is 0 Å². The highest BCUT2D eigenvalue weighted by Crippen LogP contribution is 2.32. The van der Waals surface area contributed by atoms with Crippen molar-refractivity contribution < 1.29 is 23.4 Å². The fourth-order valence-corrected chi connectivity index (χ4v) is 4.47. The molecule has 1 atom stereocenters. The third-order valence-electron chi connectivity index (χ3n) is 6.50. The summed E-state index contributed by atoms with van der Waals surface area (Å²) in [5.41, 5.74) is 0.830. The molecule has 0 radical (unpaired) electrons. The molecule has 2 amide bonds. The van der Waals surface area contributed by atoms with Crippen LogP contribution < -0.4 is 10.6 Å². The third kappa shape index (κ3) is 5.15. The number of aromatic nitrogens is 2. The van der Waals surface area contributed by atoms with Crippen molar-refractivity contribution in [3.8, 4) is 0 Å². The molecule has 2 aromatic heterocycles. The van der Waals surface area contributed by atoms with Crippen molar-refractivity contribution in [2.24, 2.45) is 11.8 Å². The Morgan fingerprint density at radius 3 is 2.52 bits per heavy atom. The van der Waals surface area contributed by atoms with Crippen molar-refractivity contribution in [3.63, 3.8) is 0 Å². The van der Waals surface area contributed by atoms with E-state index in [0.29, 0.717) is 36.2 Å². The molecule has 4 rings (SSSR count). The van der Waals surface area contributed by atoms with Gasteiger partial charge in [-0.15, -0.1) is 0 Å². The van der Waals surface area contributed by atoms with Gasteiger partial charge < -0.3 is 24.4 Å². The number of hydrogen-bond acceptors (Lipinski definition) is 7. The smallest absolute Gasteiger partial charge is 0.257 e. The second-order valence-corrected chi connectivity index (χ2v) is 8.78. The number of amides is 2. The largest absolute Gasteiger partial charge is 0.381 e. The number of hydrogen-bond donors (Lipinski definition) is 2. The summed E-state index contributed by atoms with van der Waals surface area (Å²) < 4.78 is 15.7. The van der Waals surface area contributed by atoms with Crippen LogP contribution in [0.1, 0.15) is 73.2 Å². The van der Waals surface area contributed by atoms with Crippen LogP contribution in [0.3, 0.4) is 0 Å². The van der Waals surface area contributed by atoms with Gasteiger partial charge in [-0.05, 0) is 44.4 Å². The summed E-state index contributed by atoms with van der Waals surface area (Å²) in [6, 6.07) is 1.11. The Morgan fingerprint density at radius 2 is 1.84 bits per heavy atom. The minimum absolute atomic E-state index is 0.0576. The summed E-state index contributed by atoms with van der Waals surface area (Å²) in [4.78, 5) is 26.0. The number of aryl methyl sites for hydroxylation is 1. The van der Waals surface area contributed by atoms with Crippen LogP contribution in [-0.4, -0.2) is 41.4 Å². The van der Waals surface area contributed by atoms with Gasteiger partial charge >= 0.3 is 0 Å². The van der Waals surface area contributed by atoms with Gasteiger partial charge in [0.1, 0.15) is 23.6 Å². The van der Waals surface area contributed by atoms with Crippen LogP contribution in [0, 0.1) is 18.8 Å². The molecule has 0 bridgehead atoms. The molecule has 2 N–H and O–H groups in total. The van der Waals surface area contributed by atoms with Crippen molar-refractivity contribution in [2.45, 2.75) is 64.3 Å². The molecule has 2 aromatic rings. The Bertz CT molecular complexity index is 893. The van der Waals surface area contributed by atoms with Crippen LogP contribution in [-0.2, 0) is 9.53 Å². The van der Waals surface area contributed by atoms with Gasteiger partial charge in [-0.1, -0.05) is 30.1 Å². The molecular formula is C22H30N4O5. The second-order valence-electron chi connectivity index (χ2n) is 8.78. The molecule has 0 aromatic carbocycles. The lowest BCUT2D eigenvalue weighted by molar-refractivity contribution is -0.119. The van der Waals surface area contributed by atoms with Crippen molar-refractivity contribution >= 4 is 17.6 Å². The van der Waals surface area contributed by atoms with E-state index in [4.69, 9.17) is 13.8 Å². The zero-order chi connectivity index (χ0) is 21.8. The molecule has 2 fully saturated rings. The maximum Gasteiger partial charge on any atom is 0.257 e. The van der Waals surface area contributed by atoms with Crippen LogP contribution in [0.15, 0.2) is 21.4 Å². The van der Waals surface area contributed by atoms with E-state index >= 15 is 0 Å². The summed E-state index contributed by atoms with van der Waals surface area (Å²) in [6.07, 6.45) is 6.89. The van der Waals surface area contributed by atoms with Crippen LogP contribution in [0.25, 0.3) is 0 Å². The normalized spacial score (nSPS) is 23.3. The topological polar surface area (TPSA) is 119 Å². The van der Waals surface area contributed by atoms with Crippen LogP contribution in [0.5, 0.6) is 0 Å². The van der Waals surface area contributed by atoms with E-state index in [1.807, 2.05) is 0 Å². The minimum Gasteiger partial charge on any atom is -0.381 e. The number of anilines is 1. The first-order valence-corrected chi connectivity index (χ1v) is 11.1. The van der Waals surface area contributed by atoms with E-state index in [1.165, 1.54) is 6.26 Å². The molecule has 1 saturated carbocycles. The zero-order valence-electron chi connectivity index (χ0n) is 18.1. The van der Waals surface area contributed by atoms with Crippen LogP contribution in [0.2, 0.25) is 0 Å².